The molecule has 0 aliphatic rings. The van der Waals surface area contributed by atoms with E-state index < -0.39 is 0 Å². The number of para-hydroxylation sites is 2. The monoisotopic (exact) mass is 322 g/mol. The Hall–Kier alpha value is -2.66. The van der Waals surface area contributed by atoms with Gasteiger partial charge in [-0.25, -0.2) is 4.98 Å². The summed E-state index contributed by atoms with van der Waals surface area (Å²) < 4.78 is 2.04. The van der Waals surface area contributed by atoms with Crippen molar-refractivity contribution in [1.82, 2.24) is 14.5 Å². The van der Waals surface area contributed by atoms with Gasteiger partial charge in [0.15, 0.2) is 0 Å². The first-order chi connectivity index (χ1) is 11.5. The molecule has 1 unspecified atom stereocenters. The van der Waals surface area contributed by atoms with Crippen LogP contribution in [-0.4, -0.2) is 34.5 Å². The molecule has 0 spiro atoms. The Labute approximate surface area is 141 Å². The summed E-state index contributed by atoms with van der Waals surface area (Å²) in [7, 11) is 4.01. The highest BCUT2D eigenvalue weighted by Crippen LogP contribution is 2.25. The third-order valence-electron chi connectivity index (χ3n) is 4.26. The number of imidazole rings is 1. The van der Waals surface area contributed by atoms with E-state index in [1.807, 2.05) is 74.1 Å². The van der Waals surface area contributed by atoms with Crippen molar-refractivity contribution in [2.75, 3.05) is 19.4 Å². The molecule has 24 heavy (non-hydrogen) atoms. The number of rotatable bonds is 4. The average molecular weight is 322 g/mol. The van der Waals surface area contributed by atoms with Crippen molar-refractivity contribution in [3.63, 3.8) is 0 Å². The minimum absolute atomic E-state index is 0.0608. The van der Waals surface area contributed by atoms with Gasteiger partial charge in [0.05, 0.1) is 17.2 Å². The lowest BCUT2D eigenvalue weighted by Gasteiger charge is -2.24. The molecule has 1 amide bonds. The largest absolute Gasteiger partial charge is 0.294 e. The first kappa shape index (κ1) is 16.2. The van der Waals surface area contributed by atoms with E-state index in [0.717, 1.165) is 16.6 Å². The van der Waals surface area contributed by atoms with Crippen molar-refractivity contribution in [3.05, 3.63) is 59.7 Å². The fraction of sp³-hybridized carbons (Fsp3) is 0.263. The summed E-state index contributed by atoms with van der Waals surface area (Å²) in [6.07, 6.45) is 0.0608. The van der Waals surface area contributed by atoms with E-state index in [9.17, 15) is 4.79 Å². The van der Waals surface area contributed by atoms with E-state index in [1.165, 1.54) is 0 Å². The number of carbonyl (C=O) groups is 1. The van der Waals surface area contributed by atoms with Crippen molar-refractivity contribution in [2.45, 2.75) is 20.0 Å². The summed E-state index contributed by atoms with van der Waals surface area (Å²) in [4.78, 5) is 19.3. The summed E-state index contributed by atoms with van der Waals surface area (Å²) in [6, 6.07) is 15.4. The summed E-state index contributed by atoms with van der Waals surface area (Å²) in [6.45, 7) is 4.08. The highest BCUT2D eigenvalue weighted by Gasteiger charge is 2.19. The van der Waals surface area contributed by atoms with Crippen LogP contribution in [-0.2, 0) is 0 Å². The molecule has 0 radical (unpaired) electrons. The van der Waals surface area contributed by atoms with Gasteiger partial charge in [0.2, 0.25) is 5.95 Å². The number of nitrogens with one attached hydrogen (secondary N) is 1. The van der Waals surface area contributed by atoms with E-state index >= 15 is 0 Å². The first-order valence-corrected chi connectivity index (χ1v) is 7.99. The highest BCUT2D eigenvalue weighted by molar-refractivity contribution is 6.04. The van der Waals surface area contributed by atoms with E-state index in [0.29, 0.717) is 11.5 Å². The molecule has 0 saturated carbocycles. The molecular formula is C19H22N4O. The Morgan fingerprint density at radius 3 is 2.46 bits per heavy atom. The number of aromatic nitrogens is 2. The van der Waals surface area contributed by atoms with Crippen molar-refractivity contribution < 1.29 is 4.79 Å². The Kier molecular flexibility index (Phi) is 4.36. The van der Waals surface area contributed by atoms with Crippen molar-refractivity contribution in [3.8, 4) is 0 Å². The SMILES string of the molecule is Cc1ccc(C(=O)Nc2nc3ccccc3n2C(C)N(C)C)cc1. The van der Waals surface area contributed by atoms with E-state index in [1.54, 1.807) is 0 Å². The Bertz CT molecular complexity index is 865. The molecule has 1 aromatic heterocycles. The van der Waals surface area contributed by atoms with Gasteiger partial charge < -0.3 is 0 Å². The molecule has 0 bridgehead atoms. The van der Waals surface area contributed by atoms with Gasteiger partial charge in [-0.3, -0.25) is 19.6 Å². The molecule has 5 heteroatoms. The molecule has 1 atom stereocenters. The van der Waals surface area contributed by atoms with E-state index in [4.69, 9.17) is 0 Å². The third-order valence-corrected chi connectivity index (χ3v) is 4.26. The molecule has 0 fully saturated rings. The highest BCUT2D eigenvalue weighted by atomic mass is 16.1. The number of amides is 1. The topological polar surface area (TPSA) is 50.2 Å². The normalized spacial score (nSPS) is 12.5. The predicted octanol–water partition coefficient (Wildman–Crippen LogP) is 3.68. The third kappa shape index (κ3) is 3.03. The Morgan fingerprint density at radius 2 is 1.79 bits per heavy atom. The number of nitrogens with zero attached hydrogens (tertiary/aromatic N) is 3. The molecular weight excluding hydrogens is 300 g/mol. The van der Waals surface area contributed by atoms with Gasteiger partial charge in [-0.1, -0.05) is 29.8 Å². The molecule has 0 saturated heterocycles. The zero-order chi connectivity index (χ0) is 17.3. The lowest BCUT2D eigenvalue weighted by atomic mass is 10.1. The molecule has 0 aliphatic carbocycles. The van der Waals surface area contributed by atoms with E-state index in [-0.39, 0.29) is 12.1 Å². The van der Waals surface area contributed by atoms with Crippen molar-refractivity contribution in [1.29, 1.82) is 0 Å². The summed E-state index contributed by atoms with van der Waals surface area (Å²) in [5, 5.41) is 2.96. The number of anilines is 1. The smallest absolute Gasteiger partial charge is 0.257 e. The molecule has 5 nitrogen and oxygen atoms in total. The second-order valence-electron chi connectivity index (χ2n) is 6.21. The van der Waals surface area contributed by atoms with Gasteiger partial charge in [-0.05, 0) is 52.2 Å². The van der Waals surface area contributed by atoms with Crippen LogP contribution in [0.2, 0.25) is 0 Å². The summed E-state index contributed by atoms with van der Waals surface area (Å²) in [5.74, 6) is 0.403. The van der Waals surface area contributed by atoms with Crippen LogP contribution in [0.4, 0.5) is 5.95 Å². The number of benzene rings is 2. The molecule has 1 N–H and O–H groups in total. The van der Waals surface area contributed by atoms with Crippen LogP contribution in [0.25, 0.3) is 11.0 Å². The fourth-order valence-electron chi connectivity index (χ4n) is 2.62. The average Bonchev–Trinajstić information content (AvgIpc) is 2.92. The van der Waals surface area contributed by atoms with Crippen LogP contribution in [0.15, 0.2) is 48.5 Å². The Morgan fingerprint density at radius 1 is 1.12 bits per heavy atom. The first-order valence-electron chi connectivity index (χ1n) is 7.99. The summed E-state index contributed by atoms with van der Waals surface area (Å²) >= 11 is 0. The number of hydrogen-bond donors (Lipinski definition) is 1. The van der Waals surface area contributed by atoms with Crippen LogP contribution >= 0.6 is 0 Å². The van der Waals surface area contributed by atoms with Gasteiger partial charge in [0.1, 0.15) is 0 Å². The van der Waals surface area contributed by atoms with Crippen molar-refractivity contribution >= 4 is 22.9 Å². The second-order valence-corrected chi connectivity index (χ2v) is 6.21. The lowest BCUT2D eigenvalue weighted by molar-refractivity contribution is 0.102. The maximum atomic E-state index is 12.6. The quantitative estimate of drug-likeness (QED) is 0.797. The van der Waals surface area contributed by atoms with Crippen LogP contribution in [0.1, 0.15) is 29.0 Å². The predicted molar refractivity (Wildman–Crippen MR) is 97.3 cm³/mol. The molecule has 2 aromatic carbocycles. The second kappa shape index (κ2) is 6.45. The van der Waals surface area contributed by atoms with Gasteiger partial charge in [0, 0.05) is 5.56 Å². The van der Waals surface area contributed by atoms with Gasteiger partial charge in [-0.15, -0.1) is 0 Å². The molecule has 1 heterocycles. The molecule has 124 valence electrons. The van der Waals surface area contributed by atoms with Crippen molar-refractivity contribution in [2.24, 2.45) is 0 Å². The minimum Gasteiger partial charge on any atom is -0.294 e. The number of carbonyl (C=O) groups excluding carboxylic acids is 1. The number of fused-ring (bicyclic) bond motifs is 1. The Balaban J connectivity index is 2.00. The zero-order valence-electron chi connectivity index (χ0n) is 14.4. The maximum absolute atomic E-state index is 12.6. The zero-order valence-corrected chi connectivity index (χ0v) is 14.4. The van der Waals surface area contributed by atoms with Gasteiger partial charge in [-0.2, -0.15) is 0 Å². The van der Waals surface area contributed by atoms with Crippen LogP contribution in [0.5, 0.6) is 0 Å². The van der Waals surface area contributed by atoms with Gasteiger partial charge in [0.25, 0.3) is 5.91 Å². The van der Waals surface area contributed by atoms with Crippen LogP contribution in [0.3, 0.4) is 0 Å². The lowest BCUT2D eigenvalue weighted by Crippen LogP contribution is -2.25. The van der Waals surface area contributed by atoms with Gasteiger partial charge >= 0.3 is 0 Å². The number of hydrogen-bond acceptors (Lipinski definition) is 3. The minimum atomic E-state index is -0.155. The molecule has 3 rings (SSSR count). The molecule has 0 aliphatic heterocycles. The van der Waals surface area contributed by atoms with Crippen LogP contribution in [0, 0.1) is 6.92 Å². The summed E-state index contributed by atoms with van der Waals surface area (Å²) in [5.41, 5.74) is 3.61. The van der Waals surface area contributed by atoms with Crippen LogP contribution < -0.4 is 5.32 Å². The van der Waals surface area contributed by atoms with E-state index in [2.05, 4.69) is 22.1 Å². The maximum Gasteiger partial charge on any atom is 0.257 e. The fourth-order valence-corrected chi connectivity index (χ4v) is 2.62. The molecule has 3 aromatic rings. The number of aryl methyl sites for hydroxylation is 1. The standard InChI is InChI=1S/C19H22N4O/c1-13-9-11-15(12-10-13)18(24)21-19-20-16-7-5-6-8-17(16)23(19)14(2)22(3)4/h5-12,14H,1-4H3,(H,20,21,24).